The van der Waals surface area contributed by atoms with E-state index in [9.17, 15) is 35.9 Å². The van der Waals surface area contributed by atoms with Crippen molar-refractivity contribution in [3.63, 3.8) is 0 Å². The second-order valence-corrected chi connectivity index (χ2v) is 10.7. The minimum Gasteiger partial charge on any atom is -0.353 e. The molecule has 0 unspecified atom stereocenters. The Morgan fingerprint density at radius 3 is 2.13 bits per heavy atom. The van der Waals surface area contributed by atoms with Gasteiger partial charge in [0.15, 0.2) is 0 Å². The van der Waals surface area contributed by atoms with E-state index in [0.717, 1.165) is 10.5 Å². The minimum atomic E-state index is -5.01. The molecule has 9 nitrogen and oxygen atoms in total. The summed E-state index contributed by atoms with van der Waals surface area (Å²) in [6, 6.07) is 10.3. The lowest BCUT2D eigenvalue weighted by Crippen LogP contribution is -2.52. The Hall–Kier alpha value is -4.82. The maximum Gasteiger partial charge on any atom is 0.416 e. The maximum atomic E-state index is 13.7. The van der Waals surface area contributed by atoms with Gasteiger partial charge in [0.05, 0.1) is 16.7 Å². The van der Waals surface area contributed by atoms with Crippen LogP contribution in [0.15, 0.2) is 59.8 Å². The Kier molecular flexibility index (Phi) is 8.63. The van der Waals surface area contributed by atoms with E-state index in [-0.39, 0.29) is 28.9 Å². The molecule has 3 heterocycles. The molecule has 0 bridgehead atoms. The minimum absolute atomic E-state index is 0.0526. The highest BCUT2D eigenvalue weighted by molar-refractivity contribution is 6.38. The zero-order valence-corrected chi connectivity index (χ0v) is 24.3. The third-order valence-corrected chi connectivity index (χ3v) is 7.59. The number of aromatic nitrogens is 1. The summed E-state index contributed by atoms with van der Waals surface area (Å²) in [7, 11) is 1.31. The first kappa shape index (κ1) is 31.6. The van der Waals surface area contributed by atoms with Gasteiger partial charge in [0.25, 0.3) is 11.8 Å². The number of hydrazone groups is 1. The molecule has 0 spiro atoms. The predicted molar refractivity (Wildman–Crippen MR) is 154 cm³/mol. The summed E-state index contributed by atoms with van der Waals surface area (Å²) >= 11 is 0. The monoisotopic (exact) mass is 633 g/mol. The molecule has 45 heavy (non-hydrogen) atoms. The van der Waals surface area contributed by atoms with E-state index in [1.807, 2.05) is 30.0 Å². The van der Waals surface area contributed by atoms with Crippen molar-refractivity contribution in [1.82, 2.24) is 25.5 Å². The normalized spacial score (nSPS) is 15.3. The number of amidine groups is 1. The number of carbonyl (C=O) groups is 2. The van der Waals surface area contributed by atoms with Gasteiger partial charge in [-0.3, -0.25) is 15.0 Å². The van der Waals surface area contributed by atoms with Gasteiger partial charge in [-0.15, -0.1) is 0 Å². The van der Waals surface area contributed by atoms with Crippen LogP contribution in [-0.2, 0) is 23.7 Å². The average molecular weight is 634 g/mol. The maximum absolute atomic E-state index is 13.7. The molecule has 1 aromatic heterocycles. The van der Waals surface area contributed by atoms with Gasteiger partial charge >= 0.3 is 12.4 Å². The van der Waals surface area contributed by atoms with Crippen LogP contribution in [-0.4, -0.2) is 72.3 Å². The van der Waals surface area contributed by atoms with E-state index < -0.39 is 35.9 Å². The Morgan fingerprint density at radius 1 is 0.911 bits per heavy atom. The van der Waals surface area contributed by atoms with Crippen molar-refractivity contribution in [2.24, 2.45) is 5.10 Å². The van der Waals surface area contributed by atoms with Crippen molar-refractivity contribution in [2.45, 2.75) is 25.8 Å². The molecule has 1 fully saturated rings. The Bertz CT molecular complexity index is 1600. The Balaban J connectivity index is 1.42. The van der Waals surface area contributed by atoms with E-state index >= 15 is 0 Å². The van der Waals surface area contributed by atoms with Crippen LogP contribution in [0.1, 0.15) is 32.6 Å². The number of benzene rings is 2. The highest BCUT2D eigenvalue weighted by atomic mass is 19.4. The molecular weight excluding hydrogens is 604 g/mol. The van der Waals surface area contributed by atoms with Crippen LogP contribution in [0.3, 0.4) is 0 Å². The molecule has 0 saturated carbocycles. The number of carbonyl (C=O) groups excluding carboxylic acids is 2. The quantitative estimate of drug-likeness (QED) is 0.389. The fourth-order valence-electron chi connectivity index (χ4n) is 5.24. The molecule has 2 N–H and O–H groups in total. The molecule has 0 radical (unpaired) electrons. The largest absolute Gasteiger partial charge is 0.416 e. The summed E-state index contributed by atoms with van der Waals surface area (Å²) in [6.07, 6.45) is -8.65. The van der Waals surface area contributed by atoms with Gasteiger partial charge in [-0.2, -0.15) is 31.4 Å². The van der Waals surface area contributed by atoms with Crippen molar-refractivity contribution in [3.05, 3.63) is 82.5 Å². The van der Waals surface area contributed by atoms with Gasteiger partial charge in [-0.25, -0.2) is 4.98 Å². The predicted octanol–water partition coefficient (Wildman–Crippen LogP) is 4.48. The summed E-state index contributed by atoms with van der Waals surface area (Å²) < 4.78 is 80.4. The van der Waals surface area contributed by atoms with E-state index in [4.69, 9.17) is 0 Å². The van der Waals surface area contributed by atoms with Crippen molar-refractivity contribution in [1.29, 1.82) is 0 Å². The molecule has 2 amide bonds. The Labute approximate surface area is 254 Å². The van der Waals surface area contributed by atoms with E-state index in [2.05, 4.69) is 20.8 Å². The van der Waals surface area contributed by atoms with Gasteiger partial charge in [0.1, 0.15) is 12.5 Å². The number of rotatable bonds is 6. The van der Waals surface area contributed by atoms with Gasteiger partial charge in [-0.1, -0.05) is 24.3 Å². The smallest absolute Gasteiger partial charge is 0.353 e. The number of anilines is 1. The summed E-state index contributed by atoms with van der Waals surface area (Å²) in [5.74, 6) is -0.0622. The number of piperazine rings is 1. The lowest BCUT2D eigenvalue weighted by atomic mass is 9.96. The SMILES string of the molecule is Cc1ccccc1-c1cc(N2CCN(C(=O)C3=NNCN3)CC2)ncc1C(=O)N(C)Cc1cc(C(F)(F)F)cc(C(F)(F)F)c1. The zero-order valence-electron chi connectivity index (χ0n) is 24.3. The van der Waals surface area contributed by atoms with Gasteiger partial charge in [0, 0.05) is 46.0 Å². The van der Waals surface area contributed by atoms with Gasteiger partial charge in [-0.05, 0) is 53.4 Å². The second-order valence-electron chi connectivity index (χ2n) is 10.7. The molecular formula is C30H29F6N7O2. The van der Waals surface area contributed by atoms with Crippen molar-refractivity contribution in [2.75, 3.05) is 44.8 Å². The molecule has 3 aromatic rings. The third-order valence-electron chi connectivity index (χ3n) is 7.59. The zero-order chi connectivity index (χ0) is 32.5. The van der Waals surface area contributed by atoms with Crippen molar-refractivity contribution >= 4 is 23.5 Å². The van der Waals surface area contributed by atoms with Gasteiger partial charge < -0.3 is 20.0 Å². The topological polar surface area (TPSA) is 93.2 Å². The number of nitrogens with one attached hydrogen (secondary N) is 2. The fourth-order valence-corrected chi connectivity index (χ4v) is 5.24. The van der Waals surface area contributed by atoms with Crippen LogP contribution in [0.5, 0.6) is 0 Å². The van der Waals surface area contributed by atoms with Gasteiger partial charge in [0.2, 0.25) is 5.84 Å². The first-order valence-corrected chi connectivity index (χ1v) is 13.9. The highest BCUT2D eigenvalue weighted by Gasteiger charge is 2.37. The number of halogens is 6. The lowest BCUT2D eigenvalue weighted by molar-refractivity contribution is -0.143. The molecule has 5 rings (SSSR count). The van der Waals surface area contributed by atoms with E-state index in [0.29, 0.717) is 61.9 Å². The number of hydrogen-bond acceptors (Lipinski definition) is 7. The lowest BCUT2D eigenvalue weighted by Gasteiger charge is -2.35. The first-order valence-electron chi connectivity index (χ1n) is 13.9. The summed E-state index contributed by atoms with van der Waals surface area (Å²) in [4.78, 5) is 35.6. The third kappa shape index (κ3) is 6.97. The van der Waals surface area contributed by atoms with Crippen LogP contribution in [0.4, 0.5) is 32.2 Å². The number of aryl methyl sites for hydroxylation is 1. The first-order chi connectivity index (χ1) is 21.2. The van der Waals surface area contributed by atoms with Crippen LogP contribution in [0.2, 0.25) is 0 Å². The second kappa shape index (κ2) is 12.3. The fraction of sp³-hybridized carbons (Fsp3) is 0.333. The van der Waals surface area contributed by atoms with Crippen molar-refractivity contribution in [3.8, 4) is 11.1 Å². The highest BCUT2D eigenvalue weighted by Crippen LogP contribution is 2.37. The van der Waals surface area contributed by atoms with Crippen LogP contribution in [0, 0.1) is 6.92 Å². The number of alkyl halides is 6. The average Bonchev–Trinajstić information content (AvgIpc) is 3.55. The van der Waals surface area contributed by atoms with E-state index in [1.54, 1.807) is 17.0 Å². The molecule has 238 valence electrons. The number of hydrogen-bond donors (Lipinski definition) is 2. The summed E-state index contributed by atoms with van der Waals surface area (Å²) in [5, 5.41) is 6.81. The number of pyridine rings is 1. The number of amides is 2. The molecule has 2 aromatic carbocycles. The van der Waals surface area contributed by atoms with Crippen molar-refractivity contribution < 1.29 is 35.9 Å². The molecule has 2 aliphatic rings. The van der Waals surface area contributed by atoms with Crippen LogP contribution in [0.25, 0.3) is 11.1 Å². The summed E-state index contributed by atoms with van der Waals surface area (Å²) in [6.45, 7) is 3.44. The standard InChI is InChI=1S/C30H29F6N7O2/c1-18-5-3-4-6-22(18)23-14-25(42-7-9-43(10-8-42)28(45)26-38-17-39-40-26)37-15-24(23)27(44)41(2)16-19-11-20(29(31,32)33)13-21(12-19)30(34,35)36/h3-6,11-15,39H,7-10,16-17H2,1-2H3,(H,38,40). The molecule has 2 aliphatic heterocycles. The summed E-state index contributed by atoms with van der Waals surface area (Å²) in [5.41, 5.74) is 1.65. The van der Waals surface area contributed by atoms with Crippen LogP contribution < -0.4 is 15.6 Å². The Morgan fingerprint density at radius 2 is 1.56 bits per heavy atom. The number of nitrogens with zero attached hydrogens (tertiary/aromatic N) is 5. The molecule has 1 saturated heterocycles. The molecule has 15 heteroatoms. The molecule has 0 atom stereocenters. The van der Waals surface area contributed by atoms with Crippen LogP contribution >= 0.6 is 0 Å². The molecule has 0 aliphatic carbocycles. The van der Waals surface area contributed by atoms with E-state index in [1.165, 1.54) is 13.2 Å².